The van der Waals surface area contributed by atoms with Gasteiger partial charge in [0, 0.05) is 37.1 Å². The van der Waals surface area contributed by atoms with Crippen LogP contribution < -0.4 is 25.0 Å². The summed E-state index contributed by atoms with van der Waals surface area (Å²) in [6.45, 7) is 2.71. The molecule has 3 rings (SSSR count). The minimum absolute atomic E-state index is 0.437. The van der Waals surface area contributed by atoms with E-state index in [-0.39, 0.29) is 0 Å². The molecule has 0 aromatic heterocycles. The van der Waals surface area contributed by atoms with Crippen LogP contribution in [0.2, 0.25) is 0 Å². The SMILES string of the molecule is COc1ccc(NC(=O)C(=O)NCCCc2ccc(N3CCCC3)cc2)cc1OC. The van der Waals surface area contributed by atoms with Crippen molar-refractivity contribution < 1.29 is 19.1 Å². The Morgan fingerprint density at radius 1 is 0.933 bits per heavy atom. The number of nitrogens with zero attached hydrogens (tertiary/aromatic N) is 1. The number of nitrogens with one attached hydrogen (secondary N) is 2. The van der Waals surface area contributed by atoms with Crippen molar-refractivity contribution in [3.63, 3.8) is 0 Å². The molecule has 2 N–H and O–H groups in total. The van der Waals surface area contributed by atoms with E-state index < -0.39 is 11.8 Å². The lowest BCUT2D eigenvalue weighted by Gasteiger charge is -2.17. The number of hydrogen-bond donors (Lipinski definition) is 2. The smallest absolute Gasteiger partial charge is 0.313 e. The van der Waals surface area contributed by atoms with Crippen molar-refractivity contribution in [2.24, 2.45) is 0 Å². The second-order valence-corrected chi connectivity index (χ2v) is 7.24. The third-order valence-corrected chi connectivity index (χ3v) is 5.18. The fourth-order valence-corrected chi connectivity index (χ4v) is 3.53. The van der Waals surface area contributed by atoms with Crippen molar-refractivity contribution in [1.29, 1.82) is 0 Å². The van der Waals surface area contributed by atoms with Gasteiger partial charge in [-0.1, -0.05) is 12.1 Å². The van der Waals surface area contributed by atoms with Crippen LogP contribution in [-0.2, 0) is 16.0 Å². The van der Waals surface area contributed by atoms with Gasteiger partial charge in [0.2, 0.25) is 0 Å². The molecule has 160 valence electrons. The summed E-state index contributed by atoms with van der Waals surface area (Å²) in [5, 5.41) is 5.23. The summed E-state index contributed by atoms with van der Waals surface area (Å²) in [6.07, 6.45) is 4.14. The summed E-state index contributed by atoms with van der Waals surface area (Å²) in [5.74, 6) is -0.341. The number of carbonyl (C=O) groups excluding carboxylic acids is 2. The molecule has 0 atom stereocenters. The lowest BCUT2D eigenvalue weighted by Crippen LogP contribution is -2.36. The van der Waals surface area contributed by atoms with Crippen LogP contribution in [0.5, 0.6) is 11.5 Å². The van der Waals surface area contributed by atoms with Crippen molar-refractivity contribution >= 4 is 23.2 Å². The second-order valence-electron chi connectivity index (χ2n) is 7.24. The summed E-state index contributed by atoms with van der Waals surface area (Å²) >= 11 is 0. The molecule has 1 saturated heterocycles. The first-order chi connectivity index (χ1) is 14.6. The van der Waals surface area contributed by atoms with Gasteiger partial charge in [-0.25, -0.2) is 0 Å². The van der Waals surface area contributed by atoms with Gasteiger partial charge >= 0.3 is 11.8 Å². The zero-order chi connectivity index (χ0) is 21.3. The van der Waals surface area contributed by atoms with Gasteiger partial charge in [-0.15, -0.1) is 0 Å². The highest BCUT2D eigenvalue weighted by Gasteiger charge is 2.15. The van der Waals surface area contributed by atoms with E-state index in [1.165, 1.54) is 38.3 Å². The average molecular weight is 412 g/mol. The Morgan fingerprint density at radius 3 is 2.30 bits per heavy atom. The van der Waals surface area contributed by atoms with Crippen LogP contribution in [-0.4, -0.2) is 45.7 Å². The molecule has 1 aliphatic heterocycles. The monoisotopic (exact) mass is 411 g/mol. The Hall–Kier alpha value is -3.22. The van der Waals surface area contributed by atoms with Crippen molar-refractivity contribution in [2.45, 2.75) is 25.7 Å². The fourth-order valence-electron chi connectivity index (χ4n) is 3.53. The number of aryl methyl sites for hydroxylation is 1. The predicted octanol–water partition coefficient (Wildman–Crippen LogP) is 2.99. The molecule has 2 amide bonds. The van der Waals surface area contributed by atoms with Crippen molar-refractivity contribution in [2.75, 3.05) is 44.1 Å². The Morgan fingerprint density at radius 2 is 1.63 bits per heavy atom. The fraction of sp³-hybridized carbons (Fsp3) is 0.391. The van der Waals surface area contributed by atoms with E-state index in [1.807, 2.05) is 0 Å². The van der Waals surface area contributed by atoms with Crippen molar-refractivity contribution in [3.05, 3.63) is 48.0 Å². The minimum Gasteiger partial charge on any atom is -0.493 e. The number of amides is 2. The number of hydrogen-bond acceptors (Lipinski definition) is 5. The summed E-state index contributed by atoms with van der Waals surface area (Å²) in [5.41, 5.74) is 2.96. The molecule has 7 nitrogen and oxygen atoms in total. The molecule has 0 spiro atoms. The first-order valence-corrected chi connectivity index (χ1v) is 10.3. The van der Waals surface area contributed by atoms with E-state index in [2.05, 4.69) is 39.8 Å². The van der Waals surface area contributed by atoms with Gasteiger partial charge in [-0.2, -0.15) is 0 Å². The van der Waals surface area contributed by atoms with Crippen LogP contribution in [0.4, 0.5) is 11.4 Å². The minimum atomic E-state index is -0.711. The number of carbonyl (C=O) groups is 2. The lowest BCUT2D eigenvalue weighted by molar-refractivity contribution is -0.136. The van der Waals surface area contributed by atoms with Crippen molar-refractivity contribution in [1.82, 2.24) is 5.32 Å². The number of methoxy groups -OCH3 is 2. The number of benzene rings is 2. The van der Waals surface area contributed by atoms with E-state index in [4.69, 9.17) is 9.47 Å². The Labute approximate surface area is 177 Å². The van der Waals surface area contributed by atoms with E-state index in [0.717, 1.165) is 25.9 Å². The molecular weight excluding hydrogens is 382 g/mol. The van der Waals surface area contributed by atoms with Crippen LogP contribution in [0.25, 0.3) is 0 Å². The van der Waals surface area contributed by atoms with Gasteiger partial charge in [0.25, 0.3) is 0 Å². The molecule has 1 aliphatic rings. The molecule has 0 bridgehead atoms. The summed E-state index contributed by atoms with van der Waals surface area (Å²) < 4.78 is 10.4. The molecule has 0 radical (unpaired) electrons. The van der Waals surface area contributed by atoms with Gasteiger partial charge in [0.1, 0.15) is 0 Å². The topological polar surface area (TPSA) is 79.9 Å². The maximum absolute atomic E-state index is 12.1. The molecule has 2 aromatic rings. The molecule has 1 heterocycles. The third kappa shape index (κ3) is 5.65. The van der Waals surface area contributed by atoms with Crippen LogP contribution >= 0.6 is 0 Å². The highest BCUT2D eigenvalue weighted by atomic mass is 16.5. The molecule has 30 heavy (non-hydrogen) atoms. The van der Waals surface area contributed by atoms with Gasteiger partial charge in [0.15, 0.2) is 11.5 Å². The Kier molecular flexibility index (Phi) is 7.54. The highest BCUT2D eigenvalue weighted by Crippen LogP contribution is 2.29. The Bertz CT molecular complexity index is 861. The average Bonchev–Trinajstić information content (AvgIpc) is 3.31. The number of anilines is 2. The summed E-state index contributed by atoms with van der Waals surface area (Å²) in [4.78, 5) is 26.5. The zero-order valence-corrected chi connectivity index (χ0v) is 17.6. The Balaban J connectivity index is 1.40. The zero-order valence-electron chi connectivity index (χ0n) is 17.6. The molecule has 0 aliphatic carbocycles. The van der Waals surface area contributed by atoms with E-state index in [9.17, 15) is 9.59 Å². The highest BCUT2D eigenvalue weighted by molar-refractivity contribution is 6.39. The maximum atomic E-state index is 12.1. The quantitative estimate of drug-likeness (QED) is 0.516. The molecule has 2 aromatic carbocycles. The first-order valence-electron chi connectivity index (χ1n) is 10.3. The van der Waals surface area contributed by atoms with Crippen LogP contribution in [0, 0.1) is 0 Å². The molecule has 0 unspecified atom stereocenters. The maximum Gasteiger partial charge on any atom is 0.313 e. The lowest BCUT2D eigenvalue weighted by atomic mass is 10.1. The number of rotatable bonds is 8. The van der Waals surface area contributed by atoms with E-state index in [1.54, 1.807) is 18.2 Å². The van der Waals surface area contributed by atoms with Gasteiger partial charge in [-0.3, -0.25) is 9.59 Å². The molecule has 0 saturated carbocycles. The van der Waals surface area contributed by atoms with E-state index >= 15 is 0 Å². The van der Waals surface area contributed by atoms with Crippen LogP contribution in [0.3, 0.4) is 0 Å². The summed E-state index contributed by atoms with van der Waals surface area (Å²) in [6, 6.07) is 13.5. The second kappa shape index (κ2) is 10.5. The molecular formula is C23H29N3O4. The molecule has 7 heteroatoms. The first kappa shape index (κ1) is 21.5. The predicted molar refractivity (Wildman–Crippen MR) is 117 cm³/mol. The normalized spacial score (nSPS) is 13.1. The van der Waals surface area contributed by atoms with Gasteiger partial charge in [0.05, 0.1) is 14.2 Å². The standard InChI is InChI=1S/C23H29N3O4/c1-29-20-12-9-18(16-21(20)30-2)25-23(28)22(27)24-13-5-6-17-7-10-19(11-8-17)26-14-3-4-15-26/h7-12,16H,3-6,13-15H2,1-2H3,(H,24,27)(H,25,28). The van der Waals surface area contributed by atoms with E-state index in [0.29, 0.717) is 23.7 Å². The van der Waals surface area contributed by atoms with Crippen molar-refractivity contribution in [3.8, 4) is 11.5 Å². The number of ether oxygens (including phenoxy) is 2. The summed E-state index contributed by atoms with van der Waals surface area (Å²) in [7, 11) is 3.04. The molecule has 1 fully saturated rings. The van der Waals surface area contributed by atoms with Gasteiger partial charge in [-0.05, 0) is 55.5 Å². The van der Waals surface area contributed by atoms with Crippen LogP contribution in [0.15, 0.2) is 42.5 Å². The van der Waals surface area contributed by atoms with Crippen LogP contribution in [0.1, 0.15) is 24.8 Å². The largest absolute Gasteiger partial charge is 0.493 e. The van der Waals surface area contributed by atoms with Gasteiger partial charge < -0.3 is 25.0 Å². The third-order valence-electron chi connectivity index (χ3n) is 5.18.